The molecule has 1 amide bonds. The van der Waals surface area contributed by atoms with Crippen LogP contribution >= 0.6 is 0 Å². The Morgan fingerprint density at radius 3 is 2.89 bits per heavy atom. The Morgan fingerprint density at radius 2 is 2.28 bits per heavy atom. The van der Waals surface area contributed by atoms with Crippen LogP contribution in [0.4, 0.5) is 0 Å². The van der Waals surface area contributed by atoms with Crippen LogP contribution in [0.15, 0.2) is 24.5 Å². The average Bonchev–Trinajstić information content (AvgIpc) is 2.34. The molecule has 0 atom stereocenters. The third-order valence-corrected chi connectivity index (χ3v) is 2.52. The molecule has 1 fully saturated rings. The monoisotopic (exact) mass is 250 g/mol. The molecule has 0 spiro atoms. The van der Waals surface area contributed by atoms with E-state index < -0.39 is 11.9 Å². The fourth-order valence-corrected chi connectivity index (χ4v) is 1.61. The number of likely N-dealkylation sites (tertiary alicyclic amines) is 1. The second kappa shape index (κ2) is 5.48. The molecule has 6 heteroatoms. The average molecular weight is 250 g/mol. The van der Waals surface area contributed by atoms with Gasteiger partial charge < -0.3 is 14.4 Å². The van der Waals surface area contributed by atoms with E-state index in [0.29, 0.717) is 18.8 Å². The summed E-state index contributed by atoms with van der Waals surface area (Å²) in [7, 11) is 0. The van der Waals surface area contributed by atoms with E-state index in [1.54, 1.807) is 31.5 Å². The highest BCUT2D eigenvalue weighted by Crippen LogP contribution is 2.16. The van der Waals surface area contributed by atoms with Crippen molar-refractivity contribution in [2.75, 3.05) is 19.7 Å². The van der Waals surface area contributed by atoms with Crippen LogP contribution < -0.4 is 4.74 Å². The maximum atomic E-state index is 11.5. The molecule has 6 nitrogen and oxygen atoms in total. The van der Waals surface area contributed by atoms with Gasteiger partial charge >= 0.3 is 11.9 Å². The van der Waals surface area contributed by atoms with Crippen LogP contribution in [-0.4, -0.2) is 47.6 Å². The van der Waals surface area contributed by atoms with Gasteiger partial charge in [-0.05, 0) is 19.1 Å². The van der Waals surface area contributed by atoms with E-state index in [1.807, 2.05) is 0 Å². The zero-order valence-electron chi connectivity index (χ0n) is 10.0. The van der Waals surface area contributed by atoms with Crippen molar-refractivity contribution in [1.29, 1.82) is 0 Å². The van der Waals surface area contributed by atoms with E-state index in [0.717, 1.165) is 0 Å². The zero-order valence-corrected chi connectivity index (χ0v) is 10.0. The molecule has 2 heterocycles. The first kappa shape index (κ1) is 12.3. The molecular formula is C12H14N2O4. The van der Waals surface area contributed by atoms with Gasteiger partial charge in [-0.1, -0.05) is 0 Å². The highest BCUT2D eigenvalue weighted by molar-refractivity contribution is 6.32. The summed E-state index contributed by atoms with van der Waals surface area (Å²) in [6, 6.07) is 3.57. The van der Waals surface area contributed by atoms with Crippen molar-refractivity contribution in [3.63, 3.8) is 0 Å². The molecule has 0 aliphatic carbocycles. The molecule has 96 valence electrons. The molecular weight excluding hydrogens is 236 g/mol. The molecule has 1 aromatic rings. The standard InChI is InChI=1S/C12H14N2O4/c1-2-17-12(16)11(15)14-7-10(8-14)18-9-4-3-5-13-6-9/h3-6,10H,2,7-8H2,1H3. The second-order valence-corrected chi connectivity index (χ2v) is 3.86. The van der Waals surface area contributed by atoms with Crippen molar-refractivity contribution in [1.82, 2.24) is 9.88 Å². The highest BCUT2D eigenvalue weighted by atomic mass is 16.5. The minimum atomic E-state index is -0.808. The van der Waals surface area contributed by atoms with Crippen LogP contribution in [0, 0.1) is 0 Å². The molecule has 0 aromatic carbocycles. The lowest BCUT2D eigenvalue weighted by molar-refractivity contribution is -0.164. The van der Waals surface area contributed by atoms with Crippen LogP contribution in [0.1, 0.15) is 6.92 Å². The molecule has 0 unspecified atom stereocenters. The van der Waals surface area contributed by atoms with E-state index in [1.165, 1.54) is 4.90 Å². The first-order valence-corrected chi connectivity index (χ1v) is 5.73. The topological polar surface area (TPSA) is 68.7 Å². The second-order valence-electron chi connectivity index (χ2n) is 3.86. The summed E-state index contributed by atoms with van der Waals surface area (Å²) in [5, 5.41) is 0. The van der Waals surface area contributed by atoms with Crippen molar-refractivity contribution in [3.8, 4) is 5.75 Å². The third-order valence-electron chi connectivity index (χ3n) is 2.52. The maximum Gasteiger partial charge on any atom is 0.397 e. The molecule has 1 aromatic heterocycles. The predicted octanol–water partition coefficient (Wildman–Crippen LogP) is 0.234. The third kappa shape index (κ3) is 2.77. The van der Waals surface area contributed by atoms with Crippen molar-refractivity contribution in [3.05, 3.63) is 24.5 Å². The number of carbonyl (C=O) groups excluding carboxylic acids is 2. The smallest absolute Gasteiger partial charge is 0.397 e. The van der Waals surface area contributed by atoms with Crippen molar-refractivity contribution in [2.45, 2.75) is 13.0 Å². The molecule has 2 rings (SSSR count). The summed E-state index contributed by atoms with van der Waals surface area (Å²) in [4.78, 5) is 28.0. The highest BCUT2D eigenvalue weighted by Gasteiger charge is 2.36. The number of hydrogen-bond acceptors (Lipinski definition) is 5. The van der Waals surface area contributed by atoms with E-state index >= 15 is 0 Å². The van der Waals surface area contributed by atoms with Gasteiger partial charge in [0.1, 0.15) is 11.9 Å². The minimum Gasteiger partial charge on any atom is -0.485 e. The summed E-state index contributed by atoms with van der Waals surface area (Å²) in [6.45, 7) is 2.66. The van der Waals surface area contributed by atoms with Gasteiger partial charge in [-0.15, -0.1) is 0 Å². The van der Waals surface area contributed by atoms with Gasteiger partial charge in [-0.3, -0.25) is 9.78 Å². The number of pyridine rings is 1. The molecule has 0 radical (unpaired) electrons. The lowest BCUT2D eigenvalue weighted by Crippen LogP contribution is -2.58. The van der Waals surface area contributed by atoms with E-state index in [4.69, 9.17) is 4.74 Å². The number of rotatable bonds is 3. The van der Waals surface area contributed by atoms with Crippen LogP contribution in [0.5, 0.6) is 5.75 Å². The number of hydrogen-bond donors (Lipinski definition) is 0. The largest absolute Gasteiger partial charge is 0.485 e. The minimum absolute atomic E-state index is 0.0902. The fraction of sp³-hybridized carbons (Fsp3) is 0.417. The van der Waals surface area contributed by atoms with Crippen LogP contribution in [-0.2, 0) is 14.3 Å². The first-order chi connectivity index (χ1) is 8.70. The molecule has 1 aliphatic heterocycles. The number of carbonyl (C=O) groups is 2. The summed E-state index contributed by atoms with van der Waals surface area (Å²) >= 11 is 0. The zero-order chi connectivity index (χ0) is 13.0. The van der Waals surface area contributed by atoms with Crippen LogP contribution in [0.3, 0.4) is 0 Å². The van der Waals surface area contributed by atoms with Crippen molar-refractivity contribution < 1.29 is 19.1 Å². The van der Waals surface area contributed by atoms with Crippen LogP contribution in [0.2, 0.25) is 0 Å². The van der Waals surface area contributed by atoms with Crippen LogP contribution in [0.25, 0.3) is 0 Å². The van der Waals surface area contributed by atoms with Gasteiger partial charge in [-0.2, -0.15) is 0 Å². The maximum absolute atomic E-state index is 11.5. The Bertz CT molecular complexity index is 429. The number of aromatic nitrogens is 1. The summed E-state index contributed by atoms with van der Waals surface area (Å²) in [6.07, 6.45) is 3.17. The lowest BCUT2D eigenvalue weighted by Gasteiger charge is -2.37. The summed E-state index contributed by atoms with van der Waals surface area (Å²) < 4.78 is 10.2. The van der Waals surface area contributed by atoms with E-state index in [9.17, 15) is 9.59 Å². The van der Waals surface area contributed by atoms with E-state index in [2.05, 4.69) is 9.72 Å². The molecule has 0 bridgehead atoms. The van der Waals surface area contributed by atoms with Crippen molar-refractivity contribution >= 4 is 11.9 Å². The van der Waals surface area contributed by atoms with E-state index in [-0.39, 0.29) is 12.7 Å². The van der Waals surface area contributed by atoms with Gasteiger partial charge in [0.25, 0.3) is 0 Å². The lowest BCUT2D eigenvalue weighted by atomic mass is 10.1. The Morgan fingerprint density at radius 1 is 1.50 bits per heavy atom. The van der Waals surface area contributed by atoms with Gasteiger partial charge in [0.05, 0.1) is 25.9 Å². The Labute approximate surface area is 105 Å². The first-order valence-electron chi connectivity index (χ1n) is 5.73. The van der Waals surface area contributed by atoms with Gasteiger partial charge in [0, 0.05) is 6.20 Å². The molecule has 18 heavy (non-hydrogen) atoms. The Hall–Kier alpha value is -2.11. The summed E-state index contributed by atoms with van der Waals surface area (Å²) in [5.74, 6) is -0.758. The fourth-order valence-electron chi connectivity index (χ4n) is 1.61. The number of amides is 1. The molecule has 0 saturated carbocycles. The van der Waals surface area contributed by atoms with Gasteiger partial charge in [0.2, 0.25) is 0 Å². The quantitative estimate of drug-likeness (QED) is 0.567. The molecule has 1 saturated heterocycles. The number of esters is 1. The molecule has 1 aliphatic rings. The Balaban J connectivity index is 1.77. The SMILES string of the molecule is CCOC(=O)C(=O)N1CC(Oc2cccnc2)C1. The van der Waals surface area contributed by atoms with Gasteiger partial charge in [-0.25, -0.2) is 4.79 Å². The summed E-state index contributed by atoms with van der Waals surface area (Å²) in [5.41, 5.74) is 0. The molecule has 0 N–H and O–H groups in total. The number of nitrogens with zero attached hydrogens (tertiary/aromatic N) is 2. The predicted molar refractivity (Wildman–Crippen MR) is 61.9 cm³/mol. The normalized spacial score (nSPS) is 14.8. The number of ether oxygens (including phenoxy) is 2. The Kier molecular flexibility index (Phi) is 3.76. The van der Waals surface area contributed by atoms with Gasteiger partial charge in [0.15, 0.2) is 0 Å². The van der Waals surface area contributed by atoms with Crippen molar-refractivity contribution in [2.24, 2.45) is 0 Å².